The molecule has 1 aromatic carbocycles. The van der Waals surface area contributed by atoms with Crippen molar-refractivity contribution >= 4 is 23.2 Å². The third-order valence-electron chi connectivity index (χ3n) is 8.03. The molecule has 2 aromatic rings. The van der Waals surface area contributed by atoms with Gasteiger partial charge in [-0.1, -0.05) is 39.3 Å². The normalized spacial score (nSPS) is 22.1. The zero-order valence-corrected chi connectivity index (χ0v) is 26.9. The zero-order valence-electron chi connectivity index (χ0n) is 26.1. The molecule has 11 heteroatoms. The Kier molecular flexibility index (Phi) is 12.4. The third-order valence-corrected chi connectivity index (χ3v) is 8.98. The molecule has 0 saturated heterocycles. The Hall–Kier alpha value is -2.76. The van der Waals surface area contributed by atoms with Crippen molar-refractivity contribution in [3.63, 3.8) is 0 Å². The SMILES string of the molecule is CCCN(CCC)C(=O)C1(CCCNCc2nnc(CC(C)C)s2)CC(C)=C[C@](Cc2cc(F)cc(F)c2)(C(N)=O)[C@@H]1O. The van der Waals surface area contributed by atoms with Crippen molar-refractivity contribution in [3.05, 3.63) is 57.1 Å². The Morgan fingerprint density at radius 1 is 1.14 bits per heavy atom. The molecule has 0 aliphatic heterocycles. The average Bonchev–Trinajstić information content (AvgIpc) is 3.36. The number of nitrogens with zero attached hydrogens (tertiary/aromatic N) is 3. The molecule has 1 unspecified atom stereocenters. The quantitative estimate of drug-likeness (QED) is 0.181. The number of carbonyl (C=O) groups excluding carboxylic acids is 2. The molecule has 1 aliphatic rings. The number of nitrogens with two attached hydrogens (primary N) is 1. The second-order valence-corrected chi connectivity index (χ2v) is 13.5. The maximum Gasteiger partial charge on any atom is 0.231 e. The lowest BCUT2D eigenvalue weighted by atomic mass is 9.57. The Morgan fingerprint density at radius 3 is 2.35 bits per heavy atom. The van der Waals surface area contributed by atoms with Crippen LogP contribution in [0.1, 0.15) is 82.3 Å². The highest BCUT2D eigenvalue weighted by Gasteiger charge is 2.59. The average molecular weight is 620 g/mol. The fourth-order valence-corrected chi connectivity index (χ4v) is 7.38. The first-order valence-corrected chi connectivity index (χ1v) is 16.1. The van der Waals surface area contributed by atoms with Crippen LogP contribution >= 0.6 is 11.3 Å². The van der Waals surface area contributed by atoms with Gasteiger partial charge in [-0.05, 0) is 75.6 Å². The Balaban J connectivity index is 1.92. The summed E-state index contributed by atoms with van der Waals surface area (Å²) in [6, 6.07) is 3.01. The van der Waals surface area contributed by atoms with E-state index < -0.39 is 34.5 Å². The number of nitrogens with one attached hydrogen (secondary N) is 1. The van der Waals surface area contributed by atoms with Crippen molar-refractivity contribution in [3.8, 4) is 0 Å². The van der Waals surface area contributed by atoms with E-state index in [1.807, 2.05) is 20.8 Å². The standard InChI is InChI=1S/C32H47F2N5O3S/c1-6-11-39(12-7-2)30(42)31(9-8-10-36-20-27-38-37-26(43-27)13-21(3)4)17-22(5)18-32(28(31)40,29(35)41)19-23-14-24(33)16-25(34)15-23/h14-16,18,21,28,36,40H,6-13,17,19-20H2,1-5H3,(H2,35,41)/t28-,31?,32-/m1/s1. The van der Waals surface area contributed by atoms with Crippen LogP contribution in [0, 0.1) is 28.4 Å². The molecule has 0 saturated carbocycles. The molecule has 238 valence electrons. The topological polar surface area (TPSA) is 121 Å². The molecular formula is C32H47F2N5O3S. The zero-order chi connectivity index (χ0) is 31.8. The molecule has 3 atom stereocenters. The van der Waals surface area contributed by atoms with E-state index in [4.69, 9.17) is 5.73 Å². The number of hydrogen-bond donors (Lipinski definition) is 3. The van der Waals surface area contributed by atoms with Crippen LogP contribution in [0.3, 0.4) is 0 Å². The van der Waals surface area contributed by atoms with E-state index in [0.29, 0.717) is 38.5 Å². The number of halogens is 2. The molecule has 2 amide bonds. The van der Waals surface area contributed by atoms with Crippen LogP contribution in [0.25, 0.3) is 0 Å². The Bertz CT molecular complexity index is 1260. The van der Waals surface area contributed by atoms with Crippen LogP contribution in [0.5, 0.6) is 0 Å². The molecule has 4 N–H and O–H groups in total. The first-order valence-electron chi connectivity index (χ1n) is 15.3. The summed E-state index contributed by atoms with van der Waals surface area (Å²) in [6.07, 6.45) is 3.27. The van der Waals surface area contributed by atoms with Crippen molar-refractivity contribution < 1.29 is 23.5 Å². The van der Waals surface area contributed by atoms with E-state index in [0.717, 1.165) is 53.0 Å². The molecule has 0 bridgehead atoms. The molecule has 43 heavy (non-hydrogen) atoms. The fraction of sp³-hybridized carbons (Fsp3) is 0.625. The number of hydrogen-bond acceptors (Lipinski definition) is 7. The maximum atomic E-state index is 14.4. The number of benzene rings is 1. The van der Waals surface area contributed by atoms with Gasteiger partial charge in [0.05, 0.1) is 16.9 Å². The van der Waals surface area contributed by atoms with Gasteiger partial charge in [0.1, 0.15) is 21.6 Å². The van der Waals surface area contributed by atoms with Gasteiger partial charge in [0.2, 0.25) is 11.8 Å². The van der Waals surface area contributed by atoms with Gasteiger partial charge in [0.15, 0.2) is 0 Å². The summed E-state index contributed by atoms with van der Waals surface area (Å²) in [5.41, 5.74) is 3.81. The van der Waals surface area contributed by atoms with Crippen molar-refractivity contribution in [1.29, 1.82) is 0 Å². The molecule has 1 aliphatic carbocycles. The number of carbonyl (C=O) groups is 2. The van der Waals surface area contributed by atoms with E-state index in [1.165, 1.54) is 0 Å². The van der Waals surface area contributed by atoms with Gasteiger partial charge in [-0.2, -0.15) is 0 Å². The number of aromatic nitrogens is 2. The summed E-state index contributed by atoms with van der Waals surface area (Å²) >= 11 is 1.58. The van der Waals surface area contributed by atoms with Crippen molar-refractivity contribution in [2.75, 3.05) is 19.6 Å². The number of rotatable bonds is 16. The minimum absolute atomic E-state index is 0.178. The van der Waals surface area contributed by atoms with Gasteiger partial charge in [-0.15, -0.1) is 21.5 Å². The summed E-state index contributed by atoms with van der Waals surface area (Å²) in [4.78, 5) is 29.4. The summed E-state index contributed by atoms with van der Waals surface area (Å²) in [5.74, 6) is -2.16. The minimum Gasteiger partial charge on any atom is -0.391 e. The smallest absolute Gasteiger partial charge is 0.231 e. The minimum atomic E-state index is -1.73. The van der Waals surface area contributed by atoms with E-state index >= 15 is 0 Å². The number of aliphatic hydroxyl groups is 1. The molecule has 0 spiro atoms. The summed E-state index contributed by atoms with van der Waals surface area (Å²) in [6.45, 7) is 12.2. The lowest BCUT2D eigenvalue weighted by molar-refractivity contribution is -0.162. The van der Waals surface area contributed by atoms with E-state index in [2.05, 4.69) is 29.4 Å². The van der Waals surface area contributed by atoms with Crippen molar-refractivity contribution in [2.45, 2.75) is 92.2 Å². The number of amides is 2. The van der Waals surface area contributed by atoms with Crippen LogP contribution in [0.15, 0.2) is 29.8 Å². The highest BCUT2D eigenvalue weighted by Crippen LogP contribution is 2.51. The predicted octanol–water partition coefficient (Wildman–Crippen LogP) is 4.94. The van der Waals surface area contributed by atoms with Gasteiger partial charge in [-0.25, -0.2) is 8.78 Å². The summed E-state index contributed by atoms with van der Waals surface area (Å²) in [7, 11) is 0. The lowest BCUT2D eigenvalue weighted by Gasteiger charge is -2.50. The van der Waals surface area contributed by atoms with Crippen LogP contribution < -0.4 is 11.1 Å². The molecule has 1 aromatic heterocycles. The molecule has 0 radical (unpaired) electrons. The highest BCUT2D eigenvalue weighted by atomic mass is 32.1. The van der Waals surface area contributed by atoms with E-state index in [9.17, 15) is 23.5 Å². The van der Waals surface area contributed by atoms with Crippen molar-refractivity contribution in [2.24, 2.45) is 22.5 Å². The van der Waals surface area contributed by atoms with Gasteiger partial charge < -0.3 is 21.1 Å². The molecule has 8 nitrogen and oxygen atoms in total. The molecule has 0 fully saturated rings. The molecule has 1 heterocycles. The van der Waals surface area contributed by atoms with Gasteiger partial charge >= 0.3 is 0 Å². The third kappa shape index (κ3) is 8.45. The number of aliphatic hydroxyl groups excluding tert-OH is 1. The van der Waals surface area contributed by atoms with Crippen LogP contribution in [0.2, 0.25) is 0 Å². The van der Waals surface area contributed by atoms with Crippen LogP contribution in [-0.4, -0.2) is 57.8 Å². The largest absolute Gasteiger partial charge is 0.391 e. The fourth-order valence-electron chi connectivity index (χ4n) is 6.36. The van der Waals surface area contributed by atoms with Crippen molar-refractivity contribution in [1.82, 2.24) is 20.4 Å². The number of allylic oxidation sites excluding steroid dienone is 1. The van der Waals surface area contributed by atoms with Gasteiger partial charge in [-0.3, -0.25) is 9.59 Å². The van der Waals surface area contributed by atoms with Gasteiger partial charge in [0.25, 0.3) is 0 Å². The predicted molar refractivity (Wildman–Crippen MR) is 165 cm³/mol. The highest BCUT2D eigenvalue weighted by molar-refractivity contribution is 7.11. The Labute approximate surface area is 258 Å². The first kappa shape index (κ1) is 34.7. The first-order chi connectivity index (χ1) is 20.4. The van der Waals surface area contributed by atoms with Crippen LogP contribution in [0.4, 0.5) is 8.78 Å². The second kappa shape index (κ2) is 15.3. The molecular weight excluding hydrogens is 572 g/mol. The van der Waals surface area contributed by atoms with E-state index in [1.54, 1.807) is 22.3 Å². The second-order valence-electron chi connectivity index (χ2n) is 12.3. The maximum absolute atomic E-state index is 14.4. The van der Waals surface area contributed by atoms with Gasteiger partial charge in [0, 0.05) is 32.1 Å². The van der Waals surface area contributed by atoms with E-state index in [-0.39, 0.29) is 30.7 Å². The number of primary amides is 1. The monoisotopic (exact) mass is 619 g/mol. The summed E-state index contributed by atoms with van der Waals surface area (Å²) < 4.78 is 28.3. The van der Waals surface area contributed by atoms with Crippen LogP contribution in [-0.2, 0) is 29.0 Å². The summed E-state index contributed by atoms with van der Waals surface area (Å²) in [5, 5.41) is 25.9. The lowest BCUT2D eigenvalue weighted by Crippen LogP contribution is -2.62. The Morgan fingerprint density at radius 2 is 1.77 bits per heavy atom. The molecule has 3 rings (SSSR count).